The maximum Gasteiger partial charge on any atom is 0.437 e. The van der Waals surface area contributed by atoms with Gasteiger partial charge in [0.2, 0.25) is 11.8 Å². The number of amides is 2. The molecule has 122 valence electrons. The van der Waals surface area contributed by atoms with E-state index < -0.39 is 17.6 Å². The number of benzene rings is 1. The summed E-state index contributed by atoms with van der Waals surface area (Å²) in [6.07, 6.45) is 0. The first-order chi connectivity index (χ1) is 11.5. The number of hydrogen-bond acceptors (Lipinski definition) is 6. The fourth-order valence-corrected chi connectivity index (χ4v) is 2.60. The average molecular weight is 344 g/mol. The van der Waals surface area contributed by atoms with Gasteiger partial charge in [-0.05, 0) is 35.7 Å². The average Bonchev–Trinajstić information content (AvgIpc) is 3.18. The second-order valence-corrected chi connectivity index (χ2v) is 5.75. The molecule has 3 rings (SSSR count). The van der Waals surface area contributed by atoms with Crippen LogP contribution < -0.4 is 16.8 Å². The summed E-state index contributed by atoms with van der Waals surface area (Å²) in [5, 5.41) is 8.43. The van der Waals surface area contributed by atoms with Crippen molar-refractivity contribution in [2.24, 2.45) is 5.73 Å². The highest BCUT2D eigenvalue weighted by Gasteiger charge is 2.14. The Morgan fingerprint density at radius 2 is 2.00 bits per heavy atom. The van der Waals surface area contributed by atoms with Crippen LogP contribution in [0.5, 0.6) is 0 Å². The molecule has 0 bridgehead atoms. The van der Waals surface area contributed by atoms with E-state index in [4.69, 9.17) is 10.2 Å². The summed E-state index contributed by atoms with van der Waals surface area (Å²) in [6, 6.07) is 9.65. The van der Waals surface area contributed by atoms with Crippen LogP contribution in [0.15, 0.2) is 51.0 Å². The number of nitrogens with one attached hydrogen (secondary N) is 1. The van der Waals surface area contributed by atoms with Gasteiger partial charge >= 0.3 is 5.76 Å². The molecule has 8 nitrogen and oxygen atoms in total. The zero-order valence-corrected chi connectivity index (χ0v) is 13.1. The number of rotatable bonds is 5. The van der Waals surface area contributed by atoms with E-state index in [2.05, 4.69) is 10.4 Å². The largest absolute Gasteiger partial charge is 0.437 e. The van der Waals surface area contributed by atoms with Crippen molar-refractivity contribution in [2.75, 3.05) is 5.32 Å². The minimum Gasteiger partial charge on any atom is -0.387 e. The molecule has 9 heteroatoms. The first-order valence-corrected chi connectivity index (χ1v) is 7.72. The van der Waals surface area contributed by atoms with Crippen LogP contribution in [-0.4, -0.2) is 21.6 Å². The minimum atomic E-state index is -0.711. The van der Waals surface area contributed by atoms with Gasteiger partial charge in [0.05, 0.1) is 4.88 Å². The molecule has 0 radical (unpaired) electrons. The molecule has 0 atom stereocenters. The molecule has 3 N–H and O–H groups in total. The lowest BCUT2D eigenvalue weighted by Gasteiger charge is -2.04. The van der Waals surface area contributed by atoms with Crippen molar-refractivity contribution in [3.05, 3.63) is 57.9 Å². The van der Waals surface area contributed by atoms with Crippen molar-refractivity contribution in [1.82, 2.24) is 9.78 Å². The van der Waals surface area contributed by atoms with E-state index in [1.165, 1.54) is 23.5 Å². The Bertz CT molecular complexity index is 925. The summed E-state index contributed by atoms with van der Waals surface area (Å²) in [6.45, 7) is -0.286. The van der Waals surface area contributed by atoms with Crippen molar-refractivity contribution in [3.8, 4) is 10.8 Å². The van der Waals surface area contributed by atoms with Gasteiger partial charge in [-0.1, -0.05) is 6.07 Å². The molecule has 1 aromatic carbocycles. The van der Waals surface area contributed by atoms with Crippen molar-refractivity contribution in [1.29, 1.82) is 0 Å². The number of carbonyl (C=O) groups is 2. The number of nitrogens with two attached hydrogens (primary N) is 1. The molecule has 0 saturated heterocycles. The van der Waals surface area contributed by atoms with Crippen LogP contribution in [0.25, 0.3) is 10.8 Å². The van der Waals surface area contributed by atoms with Gasteiger partial charge < -0.3 is 15.5 Å². The molecule has 0 aliphatic heterocycles. The normalized spacial score (nSPS) is 10.5. The Morgan fingerprint density at radius 3 is 2.62 bits per heavy atom. The molecule has 0 unspecified atom stereocenters. The Hall–Kier alpha value is -3.20. The molecule has 0 aliphatic carbocycles. The first-order valence-electron chi connectivity index (χ1n) is 6.84. The van der Waals surface area contributed by atoms with Crippen molar-refractivity contribution >= 4 is 28.8 Å². The standard InChI is InChI=1S/C15H12N4O4S/c16-13(21)9-3-5-10(6-4-9)17-12(20)8-19-15(22)23-14(18-19)11-2-1-7-24-11/h1-7H,8H2,(H2,16,21)(H,17,20). The number of carbonyl (C=O) groups excluding carboxylic acids is 2. The van der Waals surface area contributed by atoms with Crippen molar-refractivity contribution in [2.45, 2.75) is 6.54 Å². The second-order valence-electron chi connectivity index (χ2n) is 4.80. The van der Waals surface area contributed by atoms with Crippen LogP contribution in [0.1, 0.15) is 10.4 Å². The Labute approximate surface area is 139 Å². The van der Waals surface area contributed by atoms with Crippen molar-refractivity contribution in [3.63, 3.8) is 0 Å². The van der Waals surface area contributed by atoms with E-state index in [1.54, 1.807) is 18.2 Å². The number of primary amides is 1. The molecular weight excluding hydrogens is 332 g/mol. The summed E-state index contributed by atoms with van der Waals surface area (Å²) in [5.74, 6) is -1.54. The molecule has 3 aromatic rings. The van der Waals surface area contributed by atoms with Crippen LogP contribution in [-0.2, 0) is 11.3 Å². The fraction of sp³-hybridized carbons (Fsp3) is 0.0667. The molecular formula is C15H12N4O4S. The van der Waals surface area contributed by atoms with Gasteiger partial charge in [0.1, 0.15) is 6.54 Å². The zero-order valence-electron chi connectivity index (χ0n) is 12.3. The van der Waals surface area contributed by atoms with Crippen LogP contribution in [0.4, 0.5) is 5.69 Å². The van der Waals surface area contributed by atoms with Crippen LogP contribution in [0.2, 0.25) is 0 Å². The second kappa shape index (κ2) is 6.50. The fourth-order valence-electron chi connectivity index (χ4n) is 1.96. The van der Waals surface area contributed by atoms with Gasteiger partial charge in [-0.25, -0.2) is 4.79 Å². The number of thiophene rings is 1. The van der Waals surface area contributed by atoms with Gasteiger partial charge in [0.25, 0.3) is 5.89 Å². The highest BCUT2D eigenvalue weighted by molar-refractivity contribution is 7.13. The Balaban J connectivity index is 1.69. The molecule has 0 spiro atoms. The Morgan fingerprint density at radius 1 is 1.25 bits per heavy atom. The number of aromatic nitrogens is 2. The first kappa shape index (κ1) is 15.7. The van der Waals surface area contributed by atoms with Gasteiger partial charge in [-0.3, -0.25) is 9.59 Å². The molecule has 0 fully saturated rings. The smallest absolute Gasteiger partial charge is 0.387 e. The van der Waals surface area contributed by atoms with Gasteiger partial charge in [-0.15, -0.1) is 16.4 Å². The lowest BCUT2D eigenvalue weighted by molar-refractivity contribution is -0.117. The predicted molar refractivity (Wildman–Crippen MR) is 87.7 cm³/mol. The van der Waals surface area contributed by atoms with E-state index in [1.807, 2.05) is 11.4 Å². The van der Waals surface area contributed by atoms with Crippen LogP contribution in [0.3, 0.4) is 0 Å². The quantitative estimate of drug-likeness (QED) is 0.723. The lowest BCUT2D eigenvalue weighted by atomic mass is 10.2. The molecule has 0 aliphatic rings. The zero-order chi connectivity index (χ0) is 17.1. The van der Waals surface area contributed by atoms with E-state index in [9.17, 15) is 14.4 Å². The number of nitrogens with zero attached hydrogens (tertiary/aromatic N) is 2. The molecule has 2 amide bonds. The van der Waals surface area contributed by atoms with E-state index in [0.717, 1.165) is 4.68 Å². The molecule has 2 heterocycles. The third-order valence-corrected chi connectivity index (χ3v) is 3.94. The third-order valence-electron chi connectivity index (χ3n) is 3.08. The summed E-state index contributed by atoms with van der Waals surface area (Å²) in [5.41, 5.74) is 5.95. The van der Waals surface area contributed by atoms with E-state index in [0.29, 0.717) is 16.1 Å². The molecule has 24 heavy (non-hydrogen) atoms. The third kappa shape index (κ3) is 3.41. The lowest BCUT2D eigenvalue weighted by Crippen LogP contribution is -2.25. The highest BCUT2D eigenvalue weighted by Crippen LogP contribution is 2.21. The topological polar surface area (TPSA) is 120 Å². The summed E-state index contributed by atoms with van der Waals surface area (Å²) >= 11 is 1.38. The number of anilines is 1. The Kier molecular flexibility index (Phi) is 4.25. The SMILES string of the molecule is NC(=O)c1ccc(NC(=O)Cn2nc(-c3cccs3)oc2=O)cc1. The van der Waals surface area contributed by atoms with Gasteiger partial charge in [-0.2, -0.15) is 4.68 Å². The van der Waals surface area contributed by atoms with E-state index in [-0.39, 0.29) is 12.4 Å². The highest BCUT2D eigenvalue weighted by atomic mass is 32.1. The van der Waals surface area contributed by atoms with Crippen molar-refractivity contribution < 1.29 is 14.0 Å². The maximum absolute atomic E-state index is 12.0. The van der Waals surface area contributed by atoms with Crippen LogP contribution >= 0.6 is 11.3 Å². The number of hydrogen-bond donors (Lipinski definition) is 2. The maximum atomic E-state index is 12.0. The summed E-state index contributed by atoms with van der Waals surface area (Å²) < 4.78 is 5.97. The molecule has 0 saturated carbocycles. The van der Waals surface area contributed by atoms with Crippen LogP contribution in [0, 0.1) is 0 Å². The summed E-state index contributed by atoms with van der Waals surface area (Å²) in [7, 11) is 0. The van der Waals surface area contributed by atoms with Gasteiger partial charge in [0, 0.05) is 11.3 Å². The predicted octanol–water partition coefficient (Wildman–Crippen LogP) is 1.30. The monoisotopic (exact) mass is 344 g/mol. The summed E-state index contributed by atoms with van der Waals surface area (Å²) in [4.78, 5) is 35.5. The minimum absolute atomic E-state index is 0.175. The van der Waals surface area contributed by atoms with E-state index >= 15 is 0 Å². The molecule has 2 aromatic heterocycles. The van der Waals surface area contributed by atoms with Gasteiger partial charge in [0.15, 0.2) is 0 Å².